The average molecular weight is 446 g/mol. The van der Waals surface area contributed by atoms with E-state index in [0.717, 1.165) is 18.6 Å². The van der Waals surface area contributed by atoms with Crippen molar-refractivity contribution in [3.8, 4) is 0 Å². The predicted octanol–water partition coefficient (Wildman–Crippen LogP) is 2.82. The van der Waals surface area contributed by atoms with E-state index in [2.05, 4.69) is 15.6 Å². The van der Waals surface area contributed by atoms with Gasteiger partial charge in [0.25, 0.3) is 11.8 Å². The molecule has 6 N–H and O–H groups in total. The van der Waals surface area contributed by atoms with Gasteiger partial charge in [0, 0.05) is 35.4 Å². The summed E-state index contributed by atoms with van der Waals surface area (Å²) in [5.41, 5.74) is 13.1. The zero-order valence-corrected chi connectivity index (χ0v) is 18.5. The Hall–Kier alpha value is -2.49. The molecule has 9 heteroatoms. The van der Waals surface area contributed by atoms with E-state index < -0.39 is 11.4 Å². The fourth-order valence-corrected chi connectivity index (χ4v) is 4.92. The highest BCUT2D eigenvalue weighted by atomic mass is 32.2. The highest BCUT2D eigenvalue weighted by Crippen LogP contribution is 2.44. The van der Waals surface area contributed by atoms with Crippen LogP contribution in [0.3, 0.4) is 0 Å². The molecule has 31 heavy (non-hydrogen) atoms. The van der Waals surface area contributed by atoms with Crippen molar-refractivity contribution in [3.63, 3.8) is 0 Å². The number of carbonyl (C=O) groups excluding carboxylic acids is 2. The molecular weight excluding hydrogens is 417 g/mol. The molecule has 1 heterocycles. The van der Waals surface area contributed by atoms with Crippen molar-refractivity contribution >= 4 is 29.3 Å². The minimum Gasteiger partial charge on any atom is -0.355 e. The first kappa shape index (κ1) is 23.2. The Balaban J connectivity index is 1.79. The number of halogens is 1. The quantitative estimate of drug-likeness (QED) is 0.486. The number of rotatable bonds is 7. The van der Waals surface area contributed by atoms with Gasteiger partial charge in [0.1, 0.15) is 11.5 Å². The lowest BCUT2D eigenvalue weighted by Crippen LogP contribution is -2.42. The summed E-state index contributed by atoms with van der Waals surface area (Å²) in [5, 5.41) is 5.23. The van der Waals surface area contributed by atoms with Gasteiger partial charge in [-0.1, -0.05) is 6.42 Å². The molecular formula is C22H28FN5O2S. The number of nitrogens with zero attached hydrogens (tertiary/aromatic N) is 1. The molecule has 1 aliphatic rings. The Bertz CT molecular complexity index is 953. The number of amides is 2. The van der Waals surface area contributed by atoms with Crippen molar-refractivity contribution in [2.75, 3.05) is 18.1 Å². The van der Waals surface area contributed by atoms with Gasteiger partial charge in [-0.3, -0.25) is 14.6 Å². The Morgan fingerprint density at radius 3 is 2.74 bits per heavy atom. The van der Waals surface area contributed by atoms with E-state index in [1.165, 1.54) is 37.5 Å². The first-order valence-electron chi connectivity index (χ1n) is 10.2. The van der Waals surface area contributed by atoms with Crippen LogP contribution >= 0.6 is 11.8 Å². The van der Waals surface area contributed by atoms with Crippen LogP contribution in [0.4, 0.5) is 10.1 Å². The van der Waals surface area contributed by atoms with Crippen molar-refractivity contribution in [1.29, 1.82) is 0 Å². The average Bonchev–Trinajstić information content (AvgIpc) is 3.14. The third-order valence-corrected chi connectivity index (χ3v) is 6.76. The highest BCUT2D eigenvalue weighted by molar-refractivity contribution is 7.99. The lowest BCUT2D eigenvalue weighted by molar-refractivity contribution is 0.0960. The molecule has 3 unspecified atom stereocenters. The number of thioether (sulfide) groups is 1. The van der Waals surface area contributed by atoms with E-state index in [4.69, 9.17) is 11.5 Å². The monoisotopic (exact) mass is 445 g/mol. The zero-order valence-electron chi connectivity index (χ0n) is 17.7. The number of nitrogens with one attached hydrogen (secondary N) is 2. The number of aromatic nitrogens is 1. The summed E-state index contributed by atoms with van der Waals surface area (Å²) >= 11 is 1.62. The summed E-state index contributed by atoms with van der Waals surface area (Å²) in [6.07, 6.45) is 3.83. The normalized spacial score (nSPS) is 21.5. The molecule has 2 amide bonds. The molecule has 0 radical (unpaired) electrons. The van der Waals surface area contributed by atoms with Crippen LogP contribution in [-0.2, 0) is 5.54 Å². The van der Waals surface area contributed by atoms with Crippen LogP contribution in [0.15, 0.2) is 36.5 Å². The second-order valence-corrected chi connectivity index (χ2v) is 9.24. The van der Waals surface area contributed by atoms with Crippen LogP contribution in [0.2, 0.25) is 0 Å². The Morgan fingerprint density at radius 1 is 1.32 bits per heavy atom. The van der Waals surface area contributed by atoms with Crippen LogP contribution < -0.4 is 22.1 Å². The van der Waals surface area contributed by atoms with Crippen molar-refractivity contribution in [3.05, 3.63) is 59.2 Å². The number of carbonyl (C=O) groups is 2. The fraction of sp³-hybridized carbons (Fsp3) is 0.409. The maximum Gasteiger partial charge on any atom is 0.274 e. The van der Waals surface area contributed by atoms with Crippen LogP contribution in [0.25, 0.3) is 0 Å². The fourth-order valence-electron chi connectivity index (χ4n) is 3.92. The summed E-state index contributed by atoms with van der Waals surface area (Å²) in [5.74, 6) is -0.271. The van der Waals surface area contributed by atoms with Gasteiger partial charge in [-0.15, -0.1) is 11.8 Å². The molecule has 1 fully saturated rings. The Morgan fingerprint density at radius 2 is 2.10 bits per heavy atom. The van der Waals surface area contributed by atoms with E-state index in [1.807, 2.05) is 6.92 Å². The second kappa shape index (κ2) is 9.76. The molecule has 1 aromatic carbocycles. The van der Waals surface area contributed by atoms with Gasteiger partial charge in [-0.25, -0.2) is 4.39 Å². The second-order valence-electron chi connectivity index (χ2n) is 7.83. The molecule has 1 saturated carbocycles. The lowest BCUT2D eigenvalue weighted by Gasteiger charge is -2.33. The number of benzene rings is 1. The van der Waals surface area contributed by atoms with Crippen LogP contribution in [-0.4, -0.2) is 35.0 Å². The molecule has 0 bridgehead atoms. The molecule has 0 aliphatic heterocycles. The summed E-state index contributed by atoms with van der Waals surface area (Å²) in [6, 6.07) is 7.42. The highest BCUT2D eigenvalue weighted by Gasteiger charge is 2.42. The molecule has 2 aromatic rings. The topological polar surface area (TPSA) is 123 Å². The smallest absolute Gasteiger partial charge is 0.274 e. The number of anilines is 1. The van der Waals surface area contributed by atoms with Gasteiger partial charge in [0.2, 0.25) is 0 Å². The third kappa shape index (κ3) is 5.23. The summed E-state index contributed by atoms with van der Waals surface area (Å²) in [6.45, 7) is 1.92. The summed E-state index contributed by atoms with van der Waals surface area (Å²) in [7, 11) is 1.52. The molecule has 0 saturated heterocycles. The minimum atomic E-state index is -0.805. The van der Waals surface area contributed by atoms with Crippen molar-refractivity contribution in [2.45, 2.75) is 37.1 Å². The molecule has 166 valence electrons. The number of hydrogen-bond acceptors (Lipinski definition) is 6. The molecule has 7 nitrogen and oxygen atoms in total. The maximum atomic E-state index is 14.8. The largest absolute Gasteiger partial charge is 0.355 e. The van der Waals surface area contributed by atoms with Gasteiger partial charge in [-0.05, 0) is 61.8 Å². The first-order valence-corrected chi connectivity index (χ1v) is 11.2. The van der Waals surface area contributed by atoms with Crippen molar-refractivity contribution < 1.29 is 14.0 Å². The van der Waals surface area contributed by atoms with E-state index in [-0.39, 0.29) is 28.7 Å². The Labute approximate surface area is 185 Å². The maximum absolute atomic E-state index is 14.8. The molecule has 3 rings (SSSR count). The predicted molar refractivity (Wildman–Crippen MR) is 121 cm³/mol. The van der Waals surface area contributed by atoms with Gasteiger partial charge in [0.15, 0.2) is 0 Å². The van der Waals surface area contributed by atoms with Gasteiger partial charge < -0.3 is 22.1 Å². The van der Waals surface area contributed by atoms with Gasteiger partial charge in [-0.2, -0.15) is 0 Å². The first-order chi connectivity index (χ1) is 14.7. The molecule has 3 atom stereocenters. The van der Waals surface area contributed by atoms with Gasteiger partial charge >= 0.3 is 0 Å². The minimum absolute atomic E-state index is 0.0115. The Kier molecular flexibility index (Phi) is 7.30. The summed E-state index contributed by atoms with van der Waals surface area (Å²) < 4.78 is 14.8. The summed E-state index contributed by atoms with van der Waals surface area (Å²) in [4.78, 5) is 28.2. The number of hydrogen-bond donors (Lipinski definition) is 4. The molecule has 0 spiro atoms. The van der Waals surface area contributed by atoms with E-state index in [1.54, 1.807) is 17.8 Å². The molecule has 1 aliphatic carbocycles. The van der Waals surface area contributed by atoms with Gasteiger partial charge in [0.05, 0.1) is 5.56 Å². The van der Waals surface area contributed by atoms with Crippen LogP contribution in [0.1, 0.15) is 52.6 Å². The number of nitrogens with two attached hydrogens (primary N) is 2. The van der Waals surface area contributed by atoms with Crippen LogP contribution in [0.5, 0.6) is 0 Å². The molecule has 1 aromatic heterocycles. The van der Waals surface area contributed by atoms with Crippen molar-refractivity contribution in [1.82, 2.24) is 10.3 Å². The van der Waals surface area contributed by atoms with E-state index in [0.29, 0.717) is 23.2 Å². The van der Waals surface area contributed by atoms with E-state index in [9.17, 15) is 14.0 Å². The van der Waals surface area contributed by atoms with E-state index >= 15 is 0 Å². The SMILES string of the molecule is CNC(=O)c1ccc(C(=O)Nc2ccc(F)c(C3(N)CCCC3CSC(C)N)c2)nc1. The lowest BCUT2D eigenvalue weighted by atomic mass is 9.81. The third-order valence-electron chi connectivity index (χ3n) is 5.64. The zero-order chi connectivity index (χ0) is 22.6. The van der Waals surface area contributed by atoms with Crippen molar-refractivity contribution in [2.24, 2.45) is 17.4 Å². The standard InChI is InChI=1S/C22H28FN5O2S/c1-13(24)31-12-15-4-3-9-22(15,25)17-10-16(6-7-18(17)23)28-21(30)19-8-5-14(11-27-19)20(29)26-2/h5-8,10-11,13,15H,3-4,9,12,24-25H2,1-2H3,(H,26,29)(H,28,30). The number of pyridine rings is 1. The van der Waals surface area contributed by atoms with Crippen LogP contribution in [0, 0.1) is 11.7 Å².